The summed E-state index contributed by atoms with van der Waals surface area (Å²) in [7, 11) is -1.54. The van der Waals surface area contributed by atoms with Crippen molar-refractivity contribution in [2.24, 2.45) is 0 Å². The molecular formula is C19H26ClNO5S. The van der Waals surface area contributed by atoms with Crippen LogP contribution in [0, 0.1) is 0 Å². The molecule has 1 atom stereocenters. The monoisotopic (exact) mass is 415 g/mol. The minimum Gasteiger partial charge on any atom is -0.491 e. The fraction of sp³-hybridized carbons (Fsp3) is 0.526. The molecule has 0 N–H and O–H groups in total. The van der Waals surface area contributed by atoms with Gasteiger partial charge in [0.05, 0.1) is 30.2 Å². The van der Waals surface area contributed by atoms with Crippen molar-refractivity contribution < 1.29 is 22.7 Å². The minimum absolute atomic E-state index is 0.0371. The van der Waals surface area contributed by atoms with E-state index in [2.05, 4.69) is 0 Å². The van der Waals surface area contributed by atoms with E-state index in [1.807, 2.05) is 13.8 Å². The summed E-state index contributed by atoms with van der Waals surface area (Å²) in [5.41, 5.74) is 0.702. The van der Waals surface area contributed by atoms with Gasteiger partial charge in [0.15, 0.2) is 21.3 Å². The Morgan fingerprint density at radius 1 is 1.37 bits per heavy atom. The van der Waals surface area contributed by atoms with Gasteiger partial charge in [0.2, 0.25) is 5.91 Å². The highest BCUT2D eigenvalue weighted by Crippen LogP contribution is 2.36. The Kier molecular flexibility index (Phi) is 7.56. The molecule has 2 rings (SSSR count). The molecule has 0 aliphatic carbocycles. The van der Waals surface area contributed by atoms with E-state index in [0.717, 1.165) is 6.42 Å². The largest absolute Gasteiger partial charge is 0.491 e. The second-order valence-electron chi connectivity index (χ2n) is 6.39. The number of rotatable bonds is 8. The topological polar surface area (TPSA) is 72.9 Å². The Bertz CT molecular complexity index is 807. The second-order valence-corrected chi connectivity index (χ2v) is 9.02. The van der Waals surface area contributed by atoms with E-state index in [1.54, 1.807) is 23.1 Å². The van der Waals surface area contributed by atoms with Crippen LogP contribution in [0.1, 0.15) is 32.3 Å². The normalized spacial score (nSPS) is 18.6. The number of methoxy groups -OCH3 is 1. The molecule has 1 aromatic rings. The molecule has 1 aromatic carbocycles. The fourth-order valence-electron chi connectivity index (χ4n) is 3.14. The molecule has 1 aliphatic heterocycles. The van der Waals surface area contributed by atoms with Crippen molar-refractivity contribution in [3.8, 4) is 11.5 Å². The molecule has 150 valence electrons. The van der Waals surface area contributed by atoms with Gasteiger partial charge in [-0.1, -0.05) is 18.5 Å². The summed E-state index contributed by atoms with van der Waals surface area (Å²) in [5, 5.41) is 0.392. The molecule has 1 amide bonds. The van der Waals surface area contributed by atoms with Gasteiger partial charge in [-0.3, -0.25) is 4.79 Å². The highest BCUT2D eigenvalue weighted by molar-refractivity contribution is 7.91. The number of ether oxygens (including phenoxy) is 2. The van der Waals surface area contributed by atoms with Crippen molar-refractivity contribution in [2.75, 3.05) is 31.8 Å². The molecule has 1 unspecified atom stereocenters. The van der Waals surface area contributed by atoms with E-state index in [0.29, 0.717) is 41.7 Å². The molecule has 0 spiro atoms. The van der Waals surface area contributed by atoms with Crippen LogP contribution in [0.4, 0.5) is 0 Å². The van der Waals surface area contributed by atoms with Crippen molar-refractivity contribution in [1.29, 1.82) is 0 Å². The van der Waals surface area contributed by atoms with E-state index in [9.17, 15) is 13.2 Å². The Hall–Kier alpha value is -1.73. The van der Waals surface area contributed by atoms with Crippen molar-refractivity contribution in [3.63, 3.8) is 0 Å². The first-order valence-corrected chi connectivity index (χ1v) is 11.2. The van der Waals surface area contributed by atoms with Crippen LogP contribution in [-0.4, -0.2) is 57.0 Å². The van der Waals surface area contributed by atoms with Crippen LogP contribution in [0.2, 0.25) is 5.02 Å². The fourth-order valence-corrected chi connectivity index (χ4v) is 5.17. The average Bonchev–Trinajstić information content (AvgIpc) is 2.97. The smallest absolute Gasteiger partial charge is 0.246 e. The van der Waals surface area contributed by atoms with Crippen LogP contribution >= 0.6 is 11.6 Å². The van der Waals surface area contributed by atoms with Crippen molar-refractivity contribution in [1.82, 2.24) is 4.90 Å². The molecule has 0 bridgehead atoms. The lowest BCUT2D eigenvalue weighted by Crippen LogP contribution is -2.40. The number of hydrogen-bond acceptors (Lipinski definition) is 5. The van der Waals surface area contributed by atoms with Gasteiger partial charge in [0.25, 0.3) is 0 Å². The number of hydrogen-bond donors (Lipinski definition) is 0. The molecule has 0 radical (unpaired) electrons. The first-order chi connectivity index (χ1) is 12.8. The Balaban J connectivity index is 2.20. The van der Waals surface area contributed by atoms with Gasteiger partial charge < -0.3 is 14.4 Å². The summed E-state index contributed by atoms with van der Waals surface area (Å²) in [6.07, 6.45) is 4.36. The number of halogens is 1. The standard InChI is InChI=1S/C19H26ClNO5S/c1-4-9-21(15-8-10-27(23,24)13-15)18(22)7-6-14-11-16(20)19(25-3)17(12-14)26-5-2/h6-7,11-12,15H,4-5,8-10,13H2,1-3H3/b7-6+. The molecule has 6 nitrogen and oxygen atoms in total. The van der Waals surface area contributed by atoms with Crippen LogP contribution in [0.25, 0.3) is 6.08 Å². The van der Waals surface area contributed by atoms with Gasteiger partial charge in [-0.05, 0) is 43.5 Å². The van der Waals surface area contributed by atoms with Crippen LogP contribution in [-0.2, 0) is 14.6 Å². The molecule has 1 aliphatic rings. The van der Waals surface area contributed by atoms with Crippen LogP contribution in [0.5, 0.6) is 11.5 Å². The summed E-state index contributed by atoms with van der Waals surface area (Å²) in [4.78, 5) is 14.3. The third kappa shape index (κ3) is 5.62. The predicted molar refractivity (Wildman–Crippen MR) is 107 cm³/mol. The van der Waals surface area contributed by atoms with E-state index < -0.39 is 9.84 Å². The second kappa shape index (κ2) is 9.46. The van der Waals surface area contributed by atoms with Gasteiger partial charge in [-0.15, -0.1) is 0 Å². The Labute approximate surface area is 166 Å². The van der Waals surface area contributed by atoms with Crippen molar-refractivity contribution in [3.05, 3.63) is 28.8 Å². The highest BCUT2D eigenvalue weighted by atomic mass is 35.5. The molecule has 1 fully saturated rings. The number of carbonyl (C=O) groups excluding carboxylic acids is 1. The van der Waals surface area contributed by atoms with Crippen LogP contribution < -0.4 is 9.47 Å². The maximum Gasteiger partial charge on any atom is 0.246 e. The first-order valence-electron chi connectivity index (χ1n) is 9.00. The highest BCUT2D eigenvalue weighted by Gasteiger charge is 2.33. The van der Waals surface area contributed by atoms with Crippen LogP contribution in [0.3, 0.4) is 0 Å². The van der Waals surface area contributed by atoms with E-state index in [-0.39, 0.29) is 23.5 Å². The lowest BCUT2D eigenvalue weighted by Gasteiger charge is -2.26. The van der Waals surface area contributed by atoms with Gasteiger partial charge in [0, 0.05) is 18.7 Å². The van der Waals surface area contributed by atoms with Gasteiger partial charge in [0.1, 0.15) is 0 Å². The maximum atomic E-state index is 12.7. The van der Waals surface area contributed by atoms with E-state index >= 15 is 0 Å². The zero-order chi connectivity index (χ0) is 20.0. The summed E-state index contributed by atoms with van der Waals surface area (Å²) in [6.45, 7) is 4.80. The number of nitrogens with zero attached hydrogens (tertiary/aromatic N) is 1. The van der Waals surface area contributed by atoms with Crippen molar-refractivity contribution >= 4 is 33.4 Å². The third-order valence-electron chi connectivity index (χ3n) is 4.35. The predicted octanol–water partition coefficient (Wildman–Crippen LogP) is 3.19. The number of sulfone groups is 1. The number of amides is 1. The first kappa shape index (κ1) is 21.6. The summed E-state index contributed by atoms with van der Waals surface area (Å²) < 4.78 is 34.3. The lowest BCUT2D eigenvalue weighted by atomic mass is 10.1. The molecule has 27 heavy (non-hydrogen) atoms. The summed E-state index contributed by atoms with van der Waals surface area (Å²) in [6, 6.07) is 3.18. The Morgan fingerprint density at radius 2 is 2.11 bits per heavy atom. The lowest BCUT2D eigenvalue weighted by molar-refractivity contribution is -0.127. The zero-order valence-electron chi connectivity index (χ0n) is 15.9. The molecule has 1 saturated heterocycles. The molecule has 1 heterocycles. The van der Waals surface area contributed by atoms with Gasteiger partial charge in [-0.2, -0.15) is 0 Å². The summed E-state index contributed by atoms with van der Waals surface area (Å²) >= 11 is 6.23. The zero-order valence-corrected chi connectivity index (χ0v) is 17.5. The van der Waals surface area contributed by atoms with Gasteiger partial charge in [-0.25, -0.2) is 8.42 Å². The average molecular weight is 416 g/mol. The molecule has 0 saturated carbocycles. The van der Waals surface area contributed by atoms with E-state index in [1.165, 1.54) is 13.2 Å². The quantitative estimate of drug-likeness (QED) is 0.609. The van der Waals surface area contributed by atoms with Crippen LogP contribution in [0.15, 0.2) is 18.2 Å². The minimum atomic E-state index is -3.05. The summed E-state index contributed by atoms with van der Waals surface area (Å²) in [5.74, 6) is 0.928. The van der Waals surface area contributed by atoms with Crippen molar-refractivity contribution in [2.45, 2.75) is 32.7 Å². The molecule has 8 heteroatoms. The van der Waals surface area contributed by atoms with Gasteiger partial charge >= 0.3 is 0 Å². The van der Waals surface area contributed by atoms with E-state index in [4.69, 9.17) is 21.1 Å². The SMILES string of the molecule is CCCN(C(=O)/C=C/c1cc(Cl)c(OC)c(OCC)c1)C1CCS(=O)(=O)C1. The Morgan fingerprint density at radius 3 is 2.67 bits per heavy atom. The number of carbonyl (C=O) groups is 1. The third-order valence-corrected chi connectivity index (χ3v) is 6.38. The molecular weight excluding hydrogens is 390 g/mol. The number of benzene rings is 1. The maximum absolute atomic E-state index is 12.7. The molecule has 0 aromatic heterocycles.